The maximum atomic E-state index is 12.8. The molecule has 3 fully saturated rings. The highest BCUT2D eigenvalue weighted by atomic mass is 16.5. The predicted octanol–water partition coefficient (Wildman–Crippen LogP) is 7.87. The molecule has 5 heteroatoms. The van der Waals surface area contributed by atoms with Crippen LogP contribution in [0.3, 0.4) is 0 Å². The van der Waals surface area contributed by atoms with Gasteiger partial charge in [0, 0.05) is 24.7 Å². The zero-order chi connectivity index (χ0) is 28.7. The molecule has 0 bridgehead atoms. The number of aromatic amines is 1. The number of allylic oxidation sites excluding steroid dienone is 1. The number of carbonyl (C=O) groups is 1. The van der Waals surface area contributed by atoms with Crippen LogP contribution in [0.2, 0.25) is 0 Å². The van der Waals surface area contributed by atoms with Crippen molar-refractivity contribution >= 4 is 5.97 Å². The number of hydrogen-bond acceptors (Lipinski definition) is 4. The third-order valence-corrected chi connectivity index (χ3v) is 12.9. The van der Waals surface area contributed by atoms with E-state index in [0.717, 1.165) is 66.4 Å². The van der Waals surface area contributed by atoms with Gasteiger partial charge < -0.3 is 15.5 Å². The molecule has 1 aromatic rings. The van der Waals surface area contributed by atoms with E-state index in [2.05, 4.69) is 57.6 Å². The van der Waals surface area contributed by atoms with Gasteiger partial charge in [-0.3, -0.25) is 4.79 Å². The first-order valence-electron chi connectivity index (χ1n) is 16.7. The quantitative estimate of drug-likeness (QED) is 0.229. The molecule has 224 valence electrons. The fourth-order valence-corrected chi connectivity index (χ4v) is 10.4. The third kappa shape index (κ3) is 5.57. The lowest BCUT2D eigenvalue weighted by Crippen LogP contribution is -2.51. The topological polar surface area (TPSA) is 81.0 Å². The van der Waals surface area contributed by atoms with Crippen LogP contribution in [0.15, 0.2) is 24.2 Å². The smallest absolute Gasteiger partial charge is 0.323 e. The first-order chi connectivity index (χ1) is 19.1. The second-order valence-corrected chi connectivity index (χ2v) is 15.1. The molecule has 1 aromatic heterocycles. The Morgan fingerprint density at radius 1 is 1.12 bits per heavy atom. The summed E-state index contributed by atoms with van der Waals surface area (Å²) in [5, 5.41) is 0. The average molecular weight is 552 g/mol. The molecule has 0 radical (unpaired) electrons. The van der Waals surface area contributed by atoms with E-state index >= 15 is 0 Å². The summed E-state index contributed by atoms with van der Waals surface area (Å²) in [7, 11) is 0. The van der Waals surface area contributed by atoms with Crippen molar-refractivity contribution in [2.24, 2.45) is 58.0 Å². The van der Waals surface area contributed by atoms with Crippen LogP contribution in [0.25, 0.3) is 0 Å². The van der Waals surface area contributed by atoms with Gasteiger partial charge >= 0.3 is 5.97 Å². The van der Waals surface area contributed by atoms with Crippen molar-refractivity contribution < 1.29 is 9.53 Å². The van der Waals surface area contributed by atoms with Crippen LogP contribution in [0.5, 0.6) is 0 Å². The first kappa shape index (κ1) is 29.9. The van der Waals surface area contributed by atoms with Crippen molar-refractivity contribution in [2.75, 3.05) is 0 Å². The molecule has 3 saturated carbocycles. The second-order valence-electron chi connectivity index (χ2n) is 15.1. The normalized spacial score (nSPS) is 37.6. The van der Waals surface area contributed by atoms with Gasteiger partial charge in [0.15, 0.2) is 0 Å². The Hall–Kier alpha value is -1.62. The fraction of sp³-hybridized carbons (Fsp3) is 0.829. The number of nitrogens with two attached hydrogens (primary N) is 1. The Kier molecular flexibility index (Phi) is 8.91. The van der Waals surface area contributed by atoms with Crippen LogP contribution >= 0.6 is 0 Å². The number of nitrogens with one attached hydrogen (secondary N) is 1. The van der Waals surface area contributed by atoms with E-state index in [0.29, 0.717) is 11.8 Å². The maximum absolute atomic E-state index is 12.8. The molecule has 0 aromatic carbocycles. The lowest BCUT2D eigenvalue weighted by Gasteiger charge is -2.58. The summed E-state index contributed by atoms with van der Waals surface area (Å²) in [6.07, 6.45) is 20.3. The molecule has 0 saturated heterocycles. The van der Waals surface area contributed by atoms with E-state index in [9.17, 15) is 4.79 Å². The van der Waals surface area contributed by atoms with Gasteiger partial charge in [-0.1, -0.05) is 66.0 Å². The van der Waals surface area contributed by atoms with E-state index in [4.69, 9.17) is 10.5 Å². The molecule has 0 amide bonds. The SMILES string of the molecule is CC[C@H](CC[C@@H](C)C1CCC2C3CC=C4C[C@@H](OC(=O)C(N)Cc5cnc[nH]5)CC[C@]4(C)C3CC[C@@]21C)C(C)C. The molecule has 1 heterocycles. The van der Waals surface area contributed by atoms with Crippen molar-refractivity contribution in [2.45, 2.75) is 131 Å². The monoisotopic (exact) mass is 551 g/mol. The minimum absolute atomic E-state index is 0.0421. The highest BCUT2D eigenvalue weighted by Gasteiger charge is 2.59. The summed E-state index contributed by atoms with van der Waals surface area (Å²) in [6.45, 7) is 15.0. The minimum Gasteiger partial charge on any atom is -0.461 e. The zero-order valence-corrected chi connectivity index (χ0v) is 26.3. The zero-order valence-electron chi connectivity index (χ0n) is 26.3. The molecular weight excluding hydrogens is 494 g/mol. The lowest BCUT2D eigenvalue weighted by atomic mass is 9.47. The molecule has 5 rings (SSSR count). The Labute approximate surface area is 243 Å². The van der Waals surface area contributed by atoms with Gasteiger partial charge in [0.1, 0.15) is 12.1 Å². The number of imidazole rings is 1. The van der Waals surface area contributed by atoms with Gasteiger partial charge in [-0.2, -0.15) is 0 Å². The van der Waals surface area contributed by atoms with E-state index < -0.39 is 6.04 Å². The average Bonchev–Trinajstić information content (AvgIpc) is 3.56. The summed E-state index contributed by atoms with van der Waals surface area (Å²) in [6, 6.07) is -0.648. The number of esters is 1. The number of nitrogens with zero attached hydrogens (tertiary/aromatic N) is 1. The molecule has 0 aliphatic heterocycles. The minimum atomic E-state index is -0.648. The number of aromatic nitrogens is 2. The standard InChI is InChI=1S/C35H57N3O2/c1-7-24(22(2)3)9-8-23(4)29-12-13-30-28-11-10-25-18-27(40-33(39)32(36)19-26-20-37-21-38-26)14-16-34(25,5)31(28)15-17-35(29,30)6/h10,20-24,27-32H,7-9,11-19,36H2,1-6H3,(H,37,38)/t23-,24-,27+,28?,29?,30?,31?,32?,34+,35-/m1/s1. The number of fused-ring (bicyclic) bond motifs is 5. The molecule has 4 aliphatic carbocycles. The van der Waals surface area contributed by atoms with E-state index in [1.54, 1.807) is 18.1 Å². The molecule has 3 N–H and O–H groups in total. The van der Waals surface area contributed by atoms with Gasteiger partial charge in [-0.15, -0.1) is 0 Å². The summed E-state index contributed by atoms with van der Waals surface area (Å²) >= 11 is 0. The van der Waals surface area contributed by atoms with Crippen LogP contribution in [0.4, 0.5) is 0 Å². The summed E-state index contributed by atoms with van der Waals surface area (Å²) < 4.78 is 5.98. The molecule has 4 aliphatic rings. The second kappa shape index (κ2) is 11.9. The Bertz CT molecular complexity index is 1030. The van der Waals surface area contributed by atoms with Crippen LogP contribution < -0.4 is 5.73 Å². The molecule has 5 unspecified atom stereocenters. The first-order valence-corrected chi connectivity index (χ1v) is 16.7. The molecule has 5 nitrogen and oxygen atoms in total. The van der Waals surface area contributed by atoms with Gasteiger partial charge in [0.2, 0.25) is 0 Å². The van der Waals surface area contributed by atoms with Crippen molar-refractivity contribution in [3.63, 3.8) is 0 Å². The third-order valence-electron chi connectivity index (χ3n) is 12.9. The number of H-pyrrole nitrogens is 1. The van der Waals surface area contributed by atoms with Crippen LogP contribution in [-0.4, -0.2) is 28.1 Å². The van der Waals surface area contributed by atoms with Crippen molar-refractivity contribution in [3.8, 4) is 0 Å². The fourth-order valence-electron chi connectivity index (χ4n) is 10.4. The largest absolute Gasteiger partial charge is 0.461 e. The Balaban J connectivity index is 1.21. The number of hydrogen-bond donors (Lipinski definition) is 2. The number of rotatable bonds is 10. The molecule has 0 spiro atoms. The Morgan fingerprint density at radius 3 is 2.62 bits per heavy atom. The summed E-state index contributed by atoms with van der Waals surface area (Å²) in [5.74, 6) is 5.62. The van der Waals surface area contributed by atoms with Crippen LogP contribution in [0.1, 0.15) is 118 Å². The van der Waals surface area contributed by atoms with Gasteiger partial charge in [0.05, 0.1) is 6.33 Å². The van der Waals surface area contributed by atoms with Gasteiger partial charge in [-0.25, -0.2) is 4.98 Å². The molecular formula is C35H57N3O2. The van der Waals surface area contributed by atoms with Crippen LogP contribution in [0, 0.1) is 52.3 Å². The maximum Gasteiger partial charge on any atom is 0.323 e. The predicted molar refractivity (Wildman–Crippen MR) is 162 cm³/mol. The highest BCUT2D eigenvalue weighted by Crippen LogP contribution is 2.67. The lowest BCUT2D eigenvalue weighted by molar-refractivity contribution is -0.153. The van der Waals surface area contributed by atoms with E-state index in [1.807, 2.05) is 0 Å². The van der Waals surface area contributed by atoms with E-state index in [1.165, 1.54) is 51.4 Å². The van der Waals surface area contributed by atoms with Crippen molar-refractivity contribution in [1.82, 2.24) is 9.97 Å². The molecule has 40 heavy (non-hydrogen) atoms. The number of carbonyl (C=O) groups excluding carboxylic acids is 1. The molecule has 10 atom stereocenters. The van der Waals surface area contributed by atoms with Gasteiger partial charge in [-0.05, 0) is 104 Å². The van der Waals surface area contributed by atoms with Crippen LogP contribution in [-0.2, 0) is 16.0 Å². The summed E-state index contributed by atoms with van der Waals surface area (Å²) in [4.78, 5) is 19.8. The van der Waals surface area contributed by atoms with E-state index in [-0.39, 0.29) is 17.5 Å². The summed E-state index contributed by atoms with van der Waals surface area (Å²) in [5.41, 5.74) is 9.39. The highest BCUT2D eigenvalue weighted by molar-refractivity contribution is 5.76. The van der Waals surface area contributed by atoms with Crippen molar-refractivity contribution in [3.05, 3.63) is 29.9 Å². The van der Waals surface area contributed by atoms with Gasteiger partial charge in [0.25, 0.3) is 0 Å². The number of ether oxygens (including phenoxy) is 1. The Morgan fingerprint density at radius 2 is 1.93 bits per heavy atom. The van der Waals surface area contributed by atoms with Crippen molar-refractivity contribution in [1.29, 1.82) is 0 Å².